The highest BCUT2D eigenvalue weighted by Crippen LogP contribution is 2.41. The smallest absolute Gasteiger partial charge is 0.339 e. The number of benzene rings is 1. The van der Waals surface area contributed by atoms with Crippen molar-refractivity contribution in [2.75, 3.05) is 20.8 Å². The number of aliphatic hydroxyl groups is 1. The van der Waals surface area contributed by atoms with E-state index in [1.807, 2.05) is 0 Å². The Balaban J connectivity index is 3.30. The lowest BCUT2D eigenvalue weighted by molar-refractivity contribution is -0.153. The van der Waals surface area contributed by atoms with Crippen molar-refractivity contribution >= 4 is 21.9 Å². The van der Waals surface area contributed by atoms with Crippen molar-refractivity contribution in [3.8, 4) is 11.5 Å². The molecule has 0 heterocycles. The van der Waals surface area contributed by atoms with Crippen LogP contribution in [-0.4, -0.2) is 31.9 Å². The minimum atomic E-state index is -1.35. The number of methoxy groups -OCH3 is 2. The Labute approximate surface area is 120 Å². The second-order valence-corrected chi connectivity index (χ2v) is 4.65. The predicted octanol–water partition coefficient (Wildman–Crippen LogP) is 2.37. The molecule has 0 saturated carbocycles. The van der Waals surface area contributed by atoms with Gasteiger partial charge in [0.15, 0.2) is 17.6 Å². The number of hydrogen-bond donors (Lipinski definition) is 1. The number of rotatable bonds is 5. The Bertz CT molecular complexity index is 473. The van der Waals surface area contributed by atoms with Crippen molar-refractivity contribution in [3.63, 3.8) is 0 Å². The monoisotopic (exact) mass is 332 g/mol. The number of ether oxygens (including phenoxy) is 3. The second kappa shape index (κ2) is 6.77. The maximum atomic E-state index is 11.6. The van der Waals surface area contributed by atoms with Gasteiger partial charge in [-0.25, -0.2) is 4.79 Å². The molecule has 0 aromatic heterocycles. The van der Waals surface area contributed by atoms with Crippen LogP contribution in [0, 0.1) is 6.92 Å². The third-order valence-corrected chi connectivity index (χ3v) is 3.28. The molecular formula is C13H17BrO5. The molecule has 6 heteroatoms. The molecule has 0 saturated heterocycles. The van der Waals surface area contributed by atoms with Crippen LogP contribution in [0.15, 0.2) is 10.5 Å². The summed E-state index contributed by atoms with van der Waals surface area (Å²) in [5, 5.41) is 10.0. The molecule has 0 aliphatic rings. The van der Waals surface area contributed by atoms with Gasteiger partial charge in [0.2, 0.25) is 0 Å². The zero-order chi connectivity index (χ0) is 14.6. The van der Waals surface area contributed by atoms with Crippen LogP contribution in [-0.2, 0) is 9.53 Å². The number of halogens is 1. The number of aliphatic hydroxyl groups excluding tert-OH is 1. The third-order valence-electron chi connectivity index (χ3n) is 2.69. The fourth-order valence-corrected chi connectivity index (χ4v) is 2.38. The molecule has 1 rings (SSSR count). The molecule has 0 fully saturated rings. The fourth-order valence-electron chi connectivity index (χ4n) is 1.79. The van der Waals surface area contributed by atoms with Gasteiger partial charge in [-0.1, -0.05) is 0 Å². The molecule has 1 aromatic carbocycles. The summed E-state index contributed by atoms with van der Waals surface area (Å²) in [6, 6.07) is 1.62. The first-order valence-electron chi connectivity index (χ1n) is 5.73. The maximum Gasteiger partial charge on any atom is 0.339 e. The number of carbonyl (C=O) groups excluding carboxylic acids is 1. The highest BCUT2D eigenvalue weighted by Gasteiger charge is 2.25. The Kier molecular flexibility index (Phi) is 5.62. The van der Waals surface area contributed by atoms with Crippen molar-refractivity contribution in [2.45, 2.75) is 20.0 Å². The van der Waals surface area contributed by atoms with Crippen LogP contribution in [0.5, 0.6) is 11.5 Å². The standard InChI is InChI=1S/C13H17BrO5/c1-5-19-13(16)10(15)8-6-9(14)12(18-4)11(17-3)7(8)2/h6,10,15H,5H2,1-4H3. The van der Waals surface area contributed by atoms with Gasteiger partial charge >= 0.3 is 5.97 Å². The van der Waals surface area contributed by atoms with Crippen molar-refractivity contribution < 1.29 is 24.1 Å². The molecule has 19 heavy (non-hydrogen) atoms. The van der Waals surface area contributed by atoms with Gasteiger partial charge in [-0.05, 0) is 41.4 Å². The van der Waals surface area contributed by atoms with Gasteiger partial charge in [0.05, 0.1) is 25.3 Å². The van der Waals surface area contributed by atoms with Gasteiger partial charge in [-0.15, -0.1) is 0 Å². The summed E-state index contributed by atoms with van der Waals surface area (Å²) in [4.78, 5) is 11.6. The number of carbonyl (C=O) groups is 1. The Hall–Kier alpha value is -1.27. The van der Waals surface area contributed by atoms with E-state index in [0.717, 1.165) is 0 Å². The van der Waals surface area contributed by atoms with E-state index in [1.165, 1.54) is 14.2 Å². The van der Waals surface area contributed by atoms with Gasteiger partial charge < -0.3 is 19.3 Å². The molecule has 1 aromatic rings. The summed E-state index contributed by atoms with van der Waals surface area (Å²) in [6.07, 6.45) is -1.35. The minimum Gasteiger partial charge on any atom is -0.493 e. The van der Waals surface area contributed by atoms with E-state index in [2.05, 4.69) is 15.9 Å². The van der Waals surface area contributed by atoms with Crippen molar-refractivity contribution in [1.82, 2.24) is 0 Å². The van der Waals surface area contributed by atoms with Gasteiger partial charge in [0.25, 0.3) is 0 Å². The molecule has 106 valence electrons. The lowest BCUT2D eigenvalue weighted by Gasteiger charge is -2.18. The molecule has 1 unspecified atom stereocenters. The number of hydrogen-bond acceptors (Lipinski definition) is 5. The van der Waals surface area contributed by atoms with Crippen LogP contribution in [0.1, 0.15) is 24.2 Å². The molecule has 0 amide bonds. The van der Waals surface area contributed by atoms with Gasteiger partial charge in [0, 0.05) is 5.56 Å². The van der Waals surface area contributed by atoms with E-state index in [0.29, 0.717) is 27.1 Å². The largest absolute Gasteiger partial charge is 0.493 e. The molecule has 1 atom stereocenters. The van der Waals surface area contributed by atoms with E-state index < -0.39 is 12.1 Å². The summed E-state index contributed by atoms with van der Waals surface area (Å²) < 4.78 is 15.9. The molecule has 1 N–H and O–H groups in total. The van der Waals surface area contributed by atoms with E-state index >= 15 is 0 Å². The molecule has 5 nitrogen and oxygen atoms in total. The summed E-state index contributed by atoms with van der Waals surface area (Å²) >= 11 is 3.32. The first-order valence-corrected chi connectivity index (χ1v) is 6.52. The highest BCUT2D eigenvalue weighted by atomic mass is 79.9. The highest BCUT2D eigenvalue weighted by molar-refractivity contribution is 9.10. The molecule has 0 radical (unpaired) electrons. The van der Waals surface area contributed by atoms with E-state index in [-0.39, 0.29) is 6.61 Å². The van der Waals surface area contributed by atoms with Gasteiger partial charge in [-0.3, -0.25) is 0 Å². The first kappa shape index (κ1) is 15.8. The predicted molar refractivity (Wildman–Crippen MR) is 73.6 cm³/mol. The summed E-state index contributed by atoms with van der Waals surface area (Å²) in [7, 11) is 3.02. The van der Waals surface area contributed by atoms with Crippen LogP contribution in [0.4, 0.5) is 0 Å². The fraction of sp³-hybridized carbons (Fsp3) is 0.462. The van der Waals surface area contributed by atoms with Crippen molar-refractivity contribution in [2.24, 2.45) is 0 Å². The molecule has 0 aliphatic carbocycles. The van der Waals surface area contributed by atoms with Crippen molar-refractivity contribution in [3.05, 3.63) is 21.7 Å². The van der Waals surface area contributed by atoms with Crippen LogP contribution in [0.3, 0.4) is 0 Å². The average Bonchev–Trinajstić information content (AvgIpc) is 2.39. The Morgan fingerprint density at radius 2 is 1.95 bits per heavy atom. The third kappa shape index (κ3) is 3.19. The van der Waals surface area contributed by atoms with Gasteiger partial charge in [-0.2, -0.15) is 0 Å². The van der Waals surface area contributed by atoms with E-state index in [1.54, 1.807) is 19.9 Å². The SMILES string of the molecule is CCOC(=O)C(O)c1cc(Br)c(OC)c(OC)c1C. The van der Waals surface area contributed by atoms with E-state index in [9.17, 15) is 9.90 Å². The lowest BCUT2D eigenvalue weighted by Crippen LogP contribution is -2.17. The van der Waals surface area contributed by atoms with Crippen molar-refractivity contribution in [1.29, 1.82) is 0 Å². The van der Waals surface area contributed by atoms with E-state index in [4.69, 9.17) is 14.2 Å². The second-order valence-electron chi connectivity index (χ2n) is 3.79. The average molecular weight is 333 g/mol. The summed E-state index contributed by atoms with van der Waals surface area (Å²) in [5.74, 6) is 0.291. The Morgan fingerprint density at radius 1 is 1.37 bits per heavy atom. The topological polar surface area (TPSA) is 65.0 Å². The van der Waals surface area contributed by atoms with Crippen LogP contribution >= 0.6 is 15.9 Å². The maximum absolute atomic E-state index is 11.6. The van der Waals surface area contributed by atoms with Crippen LogP contribution < -0.4 is 9.47 Å². The van der Waals surface area contributed by atoms with Crippen LogP contribution in [0.25, 0.3) is 0 Å². The Morgan fingerprint density at radius 3 is 2.42 bits per heavy atom. The zero-order valence-electron chi connectivity index (χ0n) is 11.3. The number of esters is 1. The zero-order valence-corrected chi connectivity index (χ0v) is 12.9. The summed E-state index contributed by atoms with van der Waals surface area (Å²) in [5.41, 5.74) is 1.05. The molecular weight excluding hydrogens is 316 g/mol. The normalized spacial score (nSPS) is 11.9. The van der Waals surface area contributed by atoms with Crippen LogP contribution in [0.2, 0.25) is 0 Å². The summed E-state index contributed by atoms with van der Waals surface area (Å²) in [6.45, 7) is 3.64. The quantitative estimate of drug-likeness (QED) is 0.838. The first-order chi connectivity index (χ1) is 8.97. The molecule has 0 spiro atoms. The van der Waals surface area contributed by atoms with Gasteiger partial charge in [0.1, 0.15) is 0 Å². The molecule has 0 bridgehead atoms. The minimum absolute atomic E-state index is 0.212. The molecule has 0 aliphatic heterocycles. The lowest BCUT2D eigenvalue weighted by atomic mass is 10.0.